The molecule has 0 fully saturated rings. The molecule has 102 valence electrons. The van der Waals surface area contributed by atoms with Crippen LogP contribution in [0.15, 0.2) is 18.2 Å². The van der Waals surface area contributed by atoms with Gasteiger partial charge in [-0.2, -0.15) is 0 Å². The Morgan fingerprint density at radius 1 is 1.16 bits per heavy atom. The van der Waals surface area contributed by atoms with Crippen LogP contribution in [-0.4, -0.2) is 25.2 Å². The molecule has 2 rings (SSSR count). The van der Waals surface area contributed by atoms with Gasteiger partial charge in [-0.15, -0.1) is 0 Å². The summed E-state index contributed by atoms with van der Waals surface area (Å²) < 4.78 is 10.4. The number of hydrogen-bond acceptors (Lipinski definition) is 4. The molecule has 1 aliphatic rings. The lowest BCUT2D eigenvalue weighted by Crippen LogP contribution is -2.36. The summed E-state index contributed by atoms with van der Waals surface area (Å²) in [6, 6.07) is 5.49. The zero-order chi connectivity index (χ0) is 13.7. The highest BCUT2D eigenvalue weighted by Crippen LogP contribution is 2.32. The van der Waals surface area contributed by atoms with Crippen LogP contribution in [-0.2, 0) is 16.1 Å². The third kappa shape index (κ3) is 3.61. The van der Waals surface area contributed by atoms with Crippen LogP contribution in [0, 0.1) is 0 Å². The van der Waals surface area contributed by atoms with Gasteiger partial charge < -0.3 is 20.1 Å². The Morgan fingerprint density at radius 2 is 1.95 bits per heavy atom. The lowest BCUT2D eigenvalue weighted by atomic mass is 10.2. The van der Waals surface area contributed by atoms with E-state index in [1.165, 1.54) is 0 Å². The maximum atomic E-state index is 11.5. The summed E-state index contributed by atoms with van der Waals surface area (Å²) in [6.07, 6.45) is 0.370. The molecule has 0 atom stereocenters. The first-order valence-corrected chi connectivity index (χ1v) is 6.11. The molecule has 0 aliphatic carbocycles. The quantitative estimate of drug-likeness (QED) is 0.814. The molecule has 1 aromatic carbocycles. The van der Waals surface area contributed by atoms with Gasteiger partial charge in [-0.3, -0.25) is 9.59 Å². The molecule has 19 heavy (non-hydrogen) atoms. The van der Waals surface area contributed by atoms with Gasteiger partial charge in [0.2, 0.25) is 18.6 Å². The number of rotatable bonds is 5. The highest BCUT2D eigenvalue weighted by Gasteiger charge is 2.13. The normalized spacial score (nSPS) is 12.1. The molecule has 0 radical (unpaired) electrons. The predicted octanol–water partition coefficient (Wildman–Crippen LogP) is 0.558. The molecule has 2 amide bonds. The topological polar surface area (TPSA) is 76.7 Å². The molecule has 6 nitrogen and oxygen atoms in total. The van der Waals surface area contributed by atoms with Crippen molar-refractivity contribution in [3.8, 4) is 11.5 Å². The summed E-state index contributed by atoms with van der Waals surface area (Å²) >= 11 is 0. The molecule has 1 heterocycles. The average molecular weight is 264 g/mol. The van der Waals surface area contributed by atoms with Crippen LogP contribution in [0.5, 0.6) is 11.5 Å². The molecule has 6 heteroatoms. The van der Waals surface area contributed by atoms with E-state index in [1.54, 1.807) is 6.92 Å². The number of hydrogen-bond donors (Lipinski definition) is 2. The summed E-state index contributed by atoms with van der Waals surface area (Å²) in [5.74, 6) is 1.04. The van der Waals surface area contributed by atoms with Crippen LogP contribution in [0.1, 0.15) is 18.9 Å². The van der Waals surface area contributed by atoms with E-state index in [9.17, 15) is 9.59 Å². The second-order valence-corrected chi connectivity index (χ2v) is 4.09. The number of ether oxygens (including phenoxy) is 2. The van der Waals surface area contributed by atoms with Gasteiger partial charge in [0.25, 0.3) is 0 Å². The van der Waals surface area contributed by atoms with Gasteiger partial charge in [0, 0.05) is 13.0 Å². The summed E-state index contributed by atoms with van der Waals surface area (Å²) in [6.45, 7) is 2.35. The number of nitrogens with one attached hydrogen (secondary N) is 2. The molecule has 1 aliphatic heterocycles. The van der Waals surface area contributed by atoms with E-state index in [0.717, 1.165) is 5.56 Å². The summed E-state index contributed by atoms with van der Waals surface area (Å²) in [5.41, 5.74) is 0.916. The van der Waals surface area contributed by atoms with Crippen molar-refractivity contribution in [2.45, 2.75) is 19.9 Å². The molecule has 0 aromatic heterocycles. The molecule has 0 bridgehead atoms. The smallest absolute Gasteiger partial charge is 0.239 e. The Labute approximate surface area is 111 Å². The van der Waals surface area contributed by atoms with Gasteiger partial charge in [0.15, 0.2) is 11.5 Å². The lowest BCUT2D eigenvalue weighted by Gasteiger charge is -2.07. The van der Waals surface area contributed by atoms with Gasteiger partial charge in [-0.1, -0.05) is 13.0 Å². The first-order chi connectivity index (χ1) is 9.19. The van der Waals surface area contributed by atoms with Crippen LogP contribution < -0.4 is 20.1 Å². The van der Waals surface area contributed by atoms with Crippen LogP contribution in [0.4, 0.5) is 0 Å². The third-order valence-electron chi connectivity index (χ3n) is 2.69. The van der Waals surface area contributed by atoms with Crippen molar-refractivity contribution >= 4 is 11.8 Å². The lowest BCUT2D eigenvalue weighted by molar-refractivity contribution is -0.126. The van der Waals surface area contributed by atoms with Gasteiger partial charge in [-0.05, 0) is 17.7 Å². The first kappa shape index (κ1) is 13.2. The summed E-state index contributed by atoms with van der Waals surface area (Å²) in [7, 11) is 0. The minimum absolute atomic E-state index is 0.00275. The Balaban J connectivity index is 1.79. The molecular weight excluding hydrogens is 248 g/mol. The molecule has 2 N–H and O–H groups in total. The monoisotopic (exact) mass is 264 g/mol. The van der Waals surface area contributed by atoms with Crippen LogP contribution in [0.25, 0.3) is 0 Å². The van der Waals surface area contributed by atoms with E-state index >= 15 is 0 Å². The van der Waals surface area contributed by atoms with E-state index in [4.69, 9.17) is 9.47 Å². The maximum Gasteiger partial charge on any atom is 0.239 e. The van der Waals surface area contributed by atoms with Gasteiger partial charge in [0.1, 0.15) is 0 Å². The molecule has 0 saturated heterocycles. The van der Waals surface area contributed by atoms with Gasteiger partial charge in [-0.25, -0.2) is 0 Å². The van der Waals surface area contributed by atoms with Crippen molar-refractivity contribution < 1.29 is 19.1 Å². The van der Waals surface area contributed by atoms with Gasteiger partial charge >= 0.3 is 0 Å². The van der Waals surface area contributed by atoms with Crippen LogP contribution in [0.2, 0.25) is 0 Å². The van der Waals surface area contributed by atoms with Crippen molar-refractivity contribution in [2.75, 3.05) is 13.3 Å². The SMILES string of the molecule is CCC(=O)NCC(=O)NCc1ccc2c(c1)OCO2. The zero-order valence-electron chi connectivity index (χ0n) is 10.7. The number of benzene rings is 1. The van der Waals surface area contributed by atoms with Crippen molar-refractivity contribution in [3.63, 3.8) is 0 Å². The highest BCUT2D eigenvalue weighted by atomic mass is 16.7. The summed E-state index contributed by atoms with van der Waals surface area (Å²) in [4.78, 5) is 22.5. The Hall–Kier alpha value is -2.24. The Morgan fingerprint density at radius 3 is 2.74 bits per heavy atom. The summed E-state index contributed by atoms with van der Waals surface area (Å²) in [5, 5.41) is 5.23. The zero-order valence-corrected chi connectivity index (χ0v) is 10.7. The van der Waals surface area contributed by atoms with Crippen molar-refractivity contribution in [1.29, 1.82) is 0 Å². The number of carbonyl (C=O) groups is 2. The number of carbonyl (C=O) groups excluding carboxylic acids is 2. The largest absolute Gasteiger partial charge is 0.454 e. The number of amides is 2. The molecule has 0 saturated carbocycles. The average Bonchev–Trinajstić information content (AvgIpc) is 2.89. The third-order valence-corrected chi connectivity index (χ3v) is 2.69. The Bertz CT molecular complexity index is 488. The highest BCUT2D eigenvalue weighted by molar-refractivity contribution is 5.84. The van der Waals surface area contributed by atoms with E-state index in [0.29, 0.717) is 24.5 Å². The van der Waals surface area contributed by atoms with Crippen molar-refractivity contribution in [1.82, 2.24) is 10.6 Å². The minimum atomic E-state index is -0.223. The fourth-order valence-electron chi connectivity index (χ4n) is 1.62. The molecular formula is C13H16N2O4. The first-order valence-electron chi connectivity index (χ1n) is 6.11. The van der Waals surface area contributed by atoms with Crippen LogP contribution in [0.3, 0.4) is 0 Å². The van der Waals surface area contributed by atoms with Crippen LogP contribution >= 0.6 is 0 Å². The van der Waals surface area contributed by atoms with Crippen molar-refractivity contribution in [3.05, 3.63) is 23.8 Å². The Kier molecular flexibility index (Phi) is 4.22. The van der Waals surface area contributed by atoms with E-state index in [-0.39, 0.29) is 25.2 Å². The fraction of sp³-hybridized carbons (Fsp3) is 0.385. The minimum Gasteiger partial charge on any atom is -0.454 e. The molecule has 0 spiro atoms. The van der Waals surface area contributed by atoms with E-state index in [2.05, 4.69) is 10.6 Å². The van der Waals surface area contributed by atoms with E-state index < -0.39 is 0 Å². The second-order valence-electron chi connectivity index (χ2n) is 4.09. The van der Waals surface area contributed by atoms with E-state index in [1.807, 2.05) is 18.2 Å². The number of fused-ring (bicyclic) bond motifs is 1. The van der Waals surface area contributed by atoms with Crippen molar-refractivity contribution in [2.24, 2.45) is 0 Å². The molecule has 0 unspecified atom stereocenters. The molecule has 1 aromatic rings. The fourth-order valence-corrected chi connectivity index (χ4v) is 1.62. The van der Waals surface area contributed by atoms with Gasteiger partial charge in [0.05, 0.1) is 6.54 Å². The second kappa shape index (κ2) is 6.08. The maximum absolute atomic E-state index is 11.5. The standard InChI is InChI=1S/C13H16N2O4/c1-2-12(16)15-7-13(17)14-6-9-3-4-10-11(5-9)19-8-18-10/h3-5H,2,6-8H2,1H3,(H,14,17)(H,15,16). The predicted molar refractivity (Wildman–Crippen MR) is 67.7 cm³/mol.